The van der Waals surface area contributed by atoms with Crippen LogP contribution in [0.4, 0.5) is 0 Å². The SMILES string of the molecule is C1=NCCN1NCCc1c[nH]c2ccccc12. The second kappa shape index (κ2) is 4.59. The van der Waals surface area contributed by atoms with Crippen molar-refractivity contribution >= 4 is 17.2 Å². The molecular weight excluding hydrogens is 212 g/mol. The van der Waals surface area contributed by atoms with Crippen LogP contribution in [0.2, 0.25) is 0 Å². The van der Waals surface area contributed by atoms with Gasteiger partial charge in [0.25, 0.3) is 0 Å². The molecule has 4 heteroatoms. The molecule has 2 N–H and O–H groups in total. The third-order valence-corrected chi connectivity index (χ3v) is 3.08. The Bertz CT molecular complexity index is 529. The Balaban J connectivity index is 1.62. The zero-order valence-electron chi connectivity index (χ0n) is 9.69. The molecule has 0 amide bonds. The number of hydrazine groups is 1. The van der Waals surface area contributed by atoms with Crippen LogP contribution in [0.15, 0.2) is 35.5 Å². The maximum Gasteiger partial charge on any atom is 0.0993 e. The highest BCUT2D eigenvalue weighted by Gasteiger charge is 2.05. The molecule has 0 unspecified atom stereocenters. The Morgan fingerprint density at radius 1 is 1.35 bits per heavy atom. The quantitative estimate of drug-likeness (QED) is 0.834. The largest absolute Gasteiger partial charge is 0.361 e. The van der Waals surface area contributed by atoms with Gasteiger partial charge in [0, 0.05) is 23.6 Å². The summed E-state index contributed by atoms with van der Waals surface area (Å²) in [5, 5.41) is 3.37. The Hall–Kier alpha value is -1.81. The van der Waals surface area contributed by atoms with E-state index in [-0.39, 0.29) is 0 Å². The number of H-pyrrole nitrogens is 1. The molecule has 0 spiro atoms. The topological polar surface area (TPSA) is 43.4 Å². The zero-order valence-corrected chi connectivity index (χ0v) is 9.69. The van der Waals surface area contributed by atoms with Crippen LogP contribution in [-0.4, -0.2) is 36.0 Å². The second-order valence-corrected chi connectivity index (χ2v) is 4.23. The fourth-order valence-electron chi connectivity index (χ4n) is 2.17. The summed E-state index contributed by atoms with van der Waals surface area (Å²) in [7, 11) is 0. The number of aromatic amines is 1. The molecule has 0 saturated carbocycles. The number of rotatable bonds is 4. The van der Waals surface area contributed by atoms with Crippen molar-refractivity contribution in [2.24, 2.45) is 4.99 Å². The zero-order chi connectivity index (χ0) is 11.5. The summed E-state index contributed by atoms with van der Waals surface area (Å²) in [6.07, 6.45) is 4.99. The molecule has 4 nitrogen and oxygen atoms in total. The minimum absolute atomic E-state index is 0.903. The van der Waals surface area contributed by atoms with Gasteiger partial charge >= 0.3 is 0 Å². The van der Waals surface area contributed by atoms with Crippen molar-refractivity contribution in [3.05, 3.63) is 36.0 Å². The van der Waals surface area contributed by atoms with E-state index >= 15 is 0 Å². The summed E-state index contributed by atoms with van der Waals surface area (Å²) in [5.74, 6) is 0. The van der Waals surface area contributed by atoms with Crippen LogP contribution in [0, 0.1) is 0 Å². The molecule has 2 aromatic rings. The van der Waals surface area contributed by atoms with Gasteiger partial charge in [0.15, 0.2) is 0 Å². The van der Waals surface area contributed by atoms with Gasteiger partial charge < -0.3 is 4.98 Å². The lowest BCUT2D eigenvalue weighted by Gasteiger charge is -2.14. The molecule has 1 aliphatic rings. The van der Waals surface area contributed by atoms with Crippen LogP contribution < -0.4 is 5.43 Å². The fraction of sp³-hybridized carbons (Fsp3) is 0.308. The molecule has 2 heterocycles. The van der Waals surface area contributed by atoms with E-state index in [9.17, 15) is 0 Å². The Morgan fingerprint density at radius 2 is 2.29 bits per heavy atom. The van der Waals surface area contributed by atoms with E-state index in [0.29, 0.717) is 0 Å². The molecule has 0 bridgehead atoms. The van der Waals surface area contributed by atoms with Crippen LogP contribution in [-0.2, 0) is 6.42 Å². The highest BCUT2D eigenvalue weighted by molar-refractivity contribution is 5.83. The Morgan fingerprint density at radius 3 is 3.18 bits per heavy atom. The van der Waals surface area contributed by atoms with Gasteiger partial charge in [-0.25, -0.2) is 5.43 Å². The summed E-state index contributed by atoms with van der Waals surface area (Å²) in [6, 6.07) is 8.42. The standard InChI is InChI=1S/C13H16N4/c1-2-4-13-12(3-1)11(9-15-13)5-6-16-17-8-7-14-10-17/h1-4,9-10,15-16H,5-8H2. The number of benzene rings is 1. The maximum absolute atomic E-state index is 4.16. The van der Waals surface area contributed by atoms with Crippen LogP contribution in [0.5, 0.6) is 0 Å². The van der Waals surface area contributed by atoms with Crippen LogP contribution in [0.3, 0.4) is 0 Å². The summed E-state index contributed by atoms with van der Waals surface area (Å²) in [5.41, 5.74) is 5.93. The van der Waals surface area contributed by atoms with E-state index in [0.717, 1.165) is 26.1 Å². The van der Waals surface area contributed by atoms with Crippen molar-refractivity contribution in [1.82, 2.24) is 15.4 Å². The molecule has 88 valence electrons. The monoisotopic (exact) mass is 228 g/mol. The van der Waals surface area contributed by atoms with Gasteiger partial charge in [-0.1, -0.05) is 18.2 Å². The highest BCUT2D eigenvalue weighted by Crippen LogP contribution is 2.17. The van der Waals surface area contributed by atoms with E-state index in [4.69, 9.17) is 0 Å². The normalized spacial score (nSPS) is 14.9. The van der Waals surface area contributed by atoms with Crippen molar-refractivity contribution in [2.45, 2.75) is 6.42 Å². The fourth-order valence-corrected chi connectivity index (χ4v) is 2.17. The molecule has 0 atom stereocenters. The molecule has 0 fully saturated rings. The van der Waals surface area contributed by atoms with Gasteiger partial charge in [-0.05, 0) is 18.1 Å². The van der Waals surface area contributed by atoms with E-state index in [1.807, 2.05) is 6.34 Å². The molecule has 17 heavy (non-hydrogen) atoms. The number of nitrogens with zero attached hydrogens (tertiary/aromatic N) is 2. The molecule has 0 aliphatic carbocycles. The van der Waals surface area contributed by atoms with Gasteiger partial charge in [0.2, 0.25) is 0 Å². The number of hydrogen-bond donors (Lipinski definition) is 2. The molecule has 0 radical (unpaired) electrons. The number of aliphatic imine (C=N–C) groups is 1. The van der Waals surface area contributed by atoms with Gasteiger partial charge in [0.1, 0.15) is 0 Å². The molecule has 1 aromatic carbocycles. The minimum Gasteiger partial charge on any atom is -0.361 e. The lowest BCUT2D eigenvalue weighted by molar-refractivity contribution is 0.345. The molecule has 1 aromatic heterocycles. The molecule has 0 saturated heterocycles. The van der Waals surface area contributed by atoms with Gasteiger partial charge in [-0.3, -0.25) is 10.0 Å². The summed E-state index contributed by atoms with van der Waals surface area (Å²) in [4.78, 5) is 7.46. The average molecular weight is 228 g/mol. The predicted octanol–water partition coefficient (Wildman–Crippen LogP) is 1.56. The second-order valence-electron chi connectivity index (χ2n) is 4.23. The first-order valence-corrected chi connectivity index (χ1v) is 5.98. The van der Waals surface area contributed by atoms with Gasteiger partial charge in [-0.2, -0.15) is 0 Å². The number of para-hydroxylation sites is 1. The van der Waals surface area contributed by atoms with E-state index in [2.05, 4.69) is 50.9 Å². The lowest BCUT2D eigenvalue weighted by Crippen LogP contribution is -2.36. The minimum atomic E-state index is 0.903. The van der Waals surface area contributed by atoms with Crippen molar-refractivity contribution in [2.75, 3.05) is 19.6 Å². The van der Waals surface area contributed by atoms with Crippen molar-refractivity contribution in [3.63, 3.8) is 0 Å². The summed E-state index contributed by atoms with van der Waals surface area (Å²) in [6.45, 7) is 2.82. The van der Waals surface area contributed by atoms with E-state index < -0.39 is 0 Å². The predicted molar refractivity (Wildman–Crippen MR) is 70.1 cm³/mol. The lowest BCUT2D eigenvalue weighted by atomic mass is 10.1. The first-order chi connectivity index (χ1) is 8.43. The van der Waals surface area contributed by atoms with Crippen LogP contribution in [0.1, 0.15) is 5.56 Å². The number of nitrogens with one attached hydrogen (secondary N) is 2. The van der Waals surface area contributed by atoms with Crippen molar-refractivity contribution in [3.8, 4) is 0 Å². The average Bonchev–Trinajstić information content (AvgIpc) is 2.99. The van der Waals surface area contributed by atoms with Gasteiger partial charge in [0.05, 0.1) is 19.4 Å². The molecule has 3 rings (SSSR count). The maximum atomic E-state index is 4.16. The third-order valence-electron chi connectivity index (χ3n) is 3.08. The number of hydrogen-bond acceptors (Lipinski definition) is 3. The number of aromatic nitrogens is 1. The number of fused-ring (bicyclic) bond motifs is 1. The van der Waals surface area contributed by atoms with Crippen LogP contribution >= 0.6 is 0 Å². The first kappa shape index (κ1) is 10.4. The van der Waals surface area contributed by atoms with Crippen LogP contribution in [0.25, 0.3) is 10.9 Å². The third kappa shape index (κ3) is 2.17. The summed E-state index contributed by atoms with van der Waals surface area (Å²) >= 11 is 0. The molecular formula is C13H16N4. The first-order valence-electron chi connectivity index (χ1n) is 5.98. The Labute approximate surface area is 100 Å². The van der Waals surface area contributed by atoms with Crippen molar-refractivity contribution in [1.29, 1.82) is 0 Å². The Kier molecular flexibility index (Phi) is 2.80. The van der Waals surface area contributed by atoms with Crippen molar-refractivity contribution < 1.29 is 0 Å². The van der Waals surface area contributed by atoms with E-state index in [1.165, 1.54) is 16.5 Å². The summed E-state index contributed by atoms with van der Waals surface area (Å²) < 4.78 is 0. The van der Waals surface area contributed by atoms with E-state index in [1.54, 1.807) is 0 Å². The smallest absolute Gasteiger partial charge is 0.0993 e. The molecule has 1 aliphatic heterocycles. The van der Waals surface area contributed by atoms with Gasteiger partial charge in [-0.15, -0.1) is 0 Å². The highest BCUT2D eigenvalue weighted by atomic mass is 15.5.